The average molecular weight is 308 g/mol. The van der Waals surface area contributed by atoms with Crippen LogP contribution in [0.25, 0.3) is 0 Å². The fourth-order valence-corrected chi connectivity index (χ4v) is 3.96. The third-order valence-electron chi connectivity index (χ3n) is 4.67. The highest BCUT2D eigenvalue weighted by Gasteiger charge is 2.60. The van der Waals surface area contributed by atoms with Crippen molar-refractivity contribution in [1.29, 1.82) is 0 Å². The minimum absolute atomic E-state index is 0.393. The SMILES string of the molecule is CC(C)NCC1(c2cccc(Br)c2)CC2(CC2)C1. The largest absolute Gasteiger partial charge is 0.314 e. The second-order valence-corrected chi connectivity index (χ2v) is 7.60. The molecule has 0 aromatic heterocycles. The molecule has 1 aromatic carbocycles. The number of nitrogens with one attached hydrogen (secondary N) is 1. The van der Waals surface area contributed by atoms with Crippen LogP contribution in [-0.4, -0.2) is 12.6 Å². The molecule has 0 heterocycles. The van der Waals surface area contributed by atoms with E-state index in [9.17, 15) is 0 Å². The van der Waals surface area contributed by atoms with Gasteiger partial charge in [0, 0.05) is 22.5 Å². The number of halogens is 1. The molecule has 0 saturated heterocycles. The maximum atomic E-state index is 3.66. The number of rotatable bonds is 4. The minimum atomic E-state index is 0.393. The van der Waals surface area contributed by atoms with Crippen molar-refractivity contribution >= 4 is 15.9 Å². The first kappa shape index (κ1) is 12.7. The highest BCUT2D eigenvalue weighted by atomic mass is 79.9. The van der Waals surface area contributed by atoms with Gasteiger partial charge < -0.3 is 5.32 Å². The Bertz CT molecular complexity index is 440. The van der Waals surface area contributed by atoms with Gasteiger partial charge in [0.05, 0.1) is 0 Å². The van der Waals surface area contributed by atoms with E-state index in [1.165, 1.54) is 35.7 Å². The summed E-state index contributed by atoms with van der Waals surface area (Å²) in [6.45, 7) is 5.60. The first-order valence-electron chi connectivity index (χ1n) is 7.03. The molecule has 0 radical (unpaired) electrons. The number of hydrogen-bond acceptors (Lipinski definition) is 1. The van der Waals surface area contributed by atoms with Crippen LogP contribution in [0.3, 0.4) is 0 Å². The third-order valence-corrected chi connectivity index (χ3v) is 5.16. The van der Waals surface area contributed by atoms with Crippen LogP contribution in [0.15, 0.2) is 28.7 Å². The summed E-state index contributed by atoms with van der Waals surface area (Å²) in [5.41, 5.74) is 2.65. The van der Waals surface area contributed by atoms with Crippen LogP contribution in [0.2, 0.25) is 0 Å². The maximum absolute atomic E-state index is 3.66. The molecule has 1 nitrogen and oxygen atoms in total. The second kappa shape index (κ2) is 4.35. The van der Waals surface area contributed by atoms with Crippen LogP contribution in [0.5, 0.6) is 0 Å². The molecule has 3 rings (SSSR count). The maximum Gasteiger partial charge on any atom is 0.0178 e. The van der Waals surface area contributed by atoms with E-state index in [-0.39, 0.29) is 0 Å². The Morgan fingerprint density at radius 1 is 1.28 bits per heavy atom. The Kier molecular flexibility index (Phi) is 3.06. The van der Waals surface area contributed by atoms with Gasteiger partial charge in [-0.3, -0.25) is 0 Å². The van der Waals surface area contributed by atoms with E-state index in [2.05, 4.69) is 59.4 Å². The van der Waals surface area contributed by atoms with E-state index < -0.39 is 0 Å². The Morgan fingerprint density at radius 2 is 2.00 bits per heavy atom. The van der Waals surface area contributed by atoms with Crippen molar-refractivity contribution in [2.45, 2.75) is 51.0 Å². The van der Waals surface area contributed by atoms with Crippen molar-refractivity contribution in [2.24, 2.45) is 5.41 Å². The molecule has 1 N–H and O–H groups in total. The smallest absolute Gasteiger partial charge is 0.0178 e. The van der Waals surface area contributed by atoms with Gasteiger partial charge in [-0.15, -0.1) is 0 Å². The molecule has 0 aliphatic heterocycles. The molecule has 0 atom stereocenters. The minimum Gasteiger partial charge on any atom is -0.314 e. The van der Waals surface area contributed by atoms with Gasteiger partial charge in [-0.2, -0.15) is 0 Å². The highest BCUT2D eigenvalue weighted by molar-refractivity contribution is 9.10. The lowest BCUT2D eigenvalue weighted by atomic mass is 9.56. The fraction of sp³-hybridized carbons (Fsp3) is 0.625. The first-order chi connectivity index (χ1) is 8.54. The van der Waals surface area contributed by atoms with Crippen molar-refractivity contribution < 1.29 is 0 Å². The molecule has 98 valence electrons. The number of benzene rings is 1. The Hall–Kier alpha value is -0.340. The van der Waals surface area contributed by atoms with E-state index >= 15 is 0 Å². The zero-order valence-corrected chi connectivity index (χ0v) is 12.9. The van der Waals surface area contributed by atoms with Crippen molar-refractivity contribution in [1.82, 2.24) is 5.32 Å². The zero-order chi connectivity index (χ0) is 12.8. The van der Waals surface area contributed by atoms with Gasteiger partial charge in [0.15, 0.2) is 0 Å². The van der Waals surface area contributed by atoms with Crippen LogP contribution >= 0.6 is 15.9 Å². The molecule has 2 aliphatic carbocycles. The molecule has 18 heavy (non-hydrogen) atoms. The van der Waals surface area contributed by atoms with E-state index in [1.807, 2.05) is 0 Å². The lowest BCUT2D eigenvalue weighted by molar-refractivity contribution is 0.114. The summed E-state index contributed by atoms with van der Waals surface area (Å²) in [5.74, 6) is 0. The Balaban J connectivity index is 1.81. The normalized spacial score (nSPS) is 23.1. The molecule has 1 aromatic rings. The topological polar surface area (TPSA) is 12.0 Å². The molecule has 2 aliphatic rings. The molecule has 2 fully saturated rings. The lowest BCUT2D eigenvalue weighted by Gasteiger charge is -2.50. The van der Waals surface area contributed by atoms with Gasteiger partial charge in [0.25, 0.3) is 0 Å². The molecule has 2 saturated carbocycles. The van der Waals surface area contributed by atoms with E-state index in [0.717, 1.165) is 12.0 Å². The predicted molar refractivity (Wildman–Crippen MR) is 79.9 cm³/mol. The van der Waals surface area contributed by atoms with Gasteiger partial charge in [0.1, 0.15) is 0 Å². The zero-order valence-electron chi connectivity index (χ0n) is 11.3. The summed E-state index contributed by atoms with van der Waals surface area (Å²) in [6.07, 6.45) is 5.70. The van der Waals surface area contributed by atoms with E-state index in [4.69, 9.17) is 0 Å². The summed E-state index contributed by atoms with van der Waals surface area (Å²) >= 11 is 3.61. The molecular weight excluding hydrogens is 286 g/mol. The van der Waals surface area contributed by atoms with Crippen LogP contribution in [0, 0.1) is 5.41 Å². The first-order valence-corrected chi connectivity index (χ1v) is 7.83. The number of hydrogen-bond donors (Lipinski definition) is 1. The highest BCUT2D eigenvalue weighted by Crippen LogP contribution is 2.68. The van der Waals surface area contributed by atoms with Crippen LogP contribution in [-0.2, 0) is 5.41 Å². The Labute approximate surface area is 118 Å². The lowest BCUT2D eigenvalue weighted by Crippen LogP contribution is -2.50. The van der Waals surface area contributed by atoms with Crippen LogP contribution in [0.1, 0.15) is 45.1 Å². The summed E-state index contributed by atoms with van der Waals surface area (Å²) in [5, 5.41) is 3.66. The van der Waals surface area contributed by atoms with Gasteiger partial charge in [0.2, 0.25) is 0 Å². The second-order valence-electron chi connectivity index (χ2n) is 6.68. The van der Waals surface area contributed by atoms with Crippen LogP contribution in [0.4, 0.5) is 0 Å². The van der Waals surface area contributed by atoms with Crippen molar-refractivity contribution in [3.63, 3.8) is 0 Å². The van der Waals surface area contributed by atoms with E-state index in [1.54, 1.807) is 0 Å². The molecule has 1 spiro atoms. The quantitative estimate of drug-likeness (QED) is 0.876. The molecule has 0 bridgehead atoms. The third kappa shape index (κ3) is 2.25. The summed E-state index contributed by atoms with van der Waals surface area (Å²) in [6, 6.07) is 9.50. The Morgan fingerprint density at radius 3 is 2.56 bits per heavy atom. The molecule has 0 unspecified atom stereocenters. The van der Waals surface area contributed by atoms with E-state index in [0.29, 0.717) is 11.5 Å². The monoisotopic (exact) mass is 307 g/mol. The van der Waals surface area contributed by atoms with Gasteiger partial charge in [-0.1, -0.05) is 41.9 Å². The van der Waals surface area contributed by atoms with Crippen molar-refractivity contribution in [2.75, 3.05) is 6.54 Å². The summed E-state index contributed by atoms with van der Waals surface area (Å²) < 4.78 is 1.21. The van der Waals surface area contributed by atoms with Gasteiger partial charge in [-0.25, -0.2) is 0 Å². The van der Waals surface area contributed by atoms with Gasteiger partial charge in [-0.05, 0) is 48.8 Å². The fourth-order valence-electron chi connectivity index (χ4n) is 3.56. The summed E-state index contributed by atoms with van der Waals surface area (Å²) in [4.78, 5) is 0. The molecule has 0 amide bonds. The molecule has 2 heteroatoms. The molecular formula is C16H22BrN. The standard InChI is InChI=1S/C16H22BrN/c1-12(2)18-11-16(9-15(10-16)6-7-15)13-4-3-5-14(17)8-13/h3-5,8,12,18H,6-7,9-11H2,1-2H3. The van der Waals surface area contributed by atoms with Crippen LogP contribution < -0.4 is 5.32 Å². The average Bonchev–Trinajstić information content (AvgIpc) is 3.04. The summed E-state index contributed by atoms with van der Waals surface area (Å²) in [7, 11) is 0. The van der Waals surface area contributed by atoms with Gasteiger partial charge >= 0.3 is 0 Å². The van der Waals surface area contributed by atoms with Crippen molar-refractivity contribution in [3.8, 4) is 0 Å². The predicted octanol–water partition coefficient (Wildman–Crippen LogP) is 4.26. The van der Waals surface area contributed by atoms with Crippen molar-refractivity contribution in [3.05, 3.63) is 34.3 Å².